The summed E-state index contributed by atoms with van der Waals surface area (Å²) in [6, 6.07) is 9.56. The molecule has 17 heavy (non-hydrogen) atoms. The molecule has 0 spiro atoms. The van der Waals surface area contributed by atoms with Gasteiger partial charge in [0.15, 0.2) is 0 Å². The largest absolute Gasteiger partial charge is 0.372 e. The highest BCUT2D eigenvalue weighted by Crippen LogP contribution is 2.26. The fourth-order valence-electron chi connectivity index (χ4n) is 2.69. The van der Waals surface area contributed by atoms with Gasteiger partial charge in [0.1, 0.15) is 0 Å². The average Bonchev–Trinajstić information content (AvgIpc) is 2.39. The molecule has 0 radical (unpaired) electrons. The highest BCUT2D eigenvalue weighted by Gasteiger charge is 2.18. The van der Waals surface area contributed by atoms with Crippen LogP contribution < -0.4 is 10.6 Å². The van der Waals surface area contributed by atoms with E-state index in [-0.39, 0.29) is 6.04 Å². The molecule has 0 aromatic heterocycles. The van der Waals surface area contributed by atoms with Crippen LogP contribution in [-0.2, 0) is 0 Å². The van der Waals surface area contributed by atoms with Gasteiger partial charge in [-0.15, -0.1) is 0 Å². The third-order valence-electron chi connectivity index (χ3n) is 3.95. The summed E-state index contributed by atoms with van der Waals surface area (Å²) in [7, 11) is 2.22. The van der Waals surface area contributed by atoms with Gasteiger partial charge in [-0.25, -0.2) is 0 Å². The molecule has 1 saturated carbocycles. The molecule has 1 atom stereocenters. The molecule has 1 aromatic carbocycles. The first-order valence-electron chi connectivity index (χ1n) is 6.77. The smallest absolute Gasteiger partial charge is 0.0366 e. The molecule has 1 unspecified atom stereocenters. The number of nitrogens with two attached hydrogens (primary N) is 1. The van der Waals surface area contributed by atoms with Crippen molar-refractivity contribution < 1.29 is 0 Å². The van der Waals surface area contributed by atoms with Crippen LogP contribution in [0.25, 0.3) is 0 Å². The minimum Gasteiger partial charge on any atom is -0.372 e. The summed E-state index contributed by atoms with van der Waals surface area (Å²) < 4.78 is 0. The number of anilines is 1. The molecule has 0 saturated heterocycles. The van der Waals surface area contributed by atoms with Crippen LogP contribution in [0.5, 0.6) is 0 Å². The van der Waals surface area contributed by atoms with Crippen LogP contribution in [-0.4, -0.2) is 13.1 Å². The zero-order valence-corrected chi connectivity index (χ0v) is 11.0. The second kappa shape index (κ2) is 5.54. The summed E-state index contributed by atoms with van der Waals surface area (Å²) in [5.41, 5.74) is 8.40. The molecule has 1 fully saturated rings. The van der Waals surface area contributed by atoms with Crippen molar-refractivity contribution in [3.63, 3.8) is 0 Å². The molecule has 0 bridgehead atoms. The SMILES string of the molecule is CC(N)c1ccc(N(C)C2CCCCC2)cc1. The lowest BCUT2D eigenvalue weighted by atomic mass is 9.94. The summed E-state index contributed by atoms with van der Waals surface area (Å²) in [5.74, 6) is 0. The second-order valence-electron chi connectivity index (χ2n) is 5.28. The molecular formula is C15H24N2. The molecule has 94 valence electrons. The van der Waals surface area contributed by atoms with Crippen LogP contribution in [0, 0.1) is 0 Å². The molecule has 0 amide bonds. The van der Waals surface area contributed by atoms with E-state index in [1.807, 2.05) is 6.92 Å². The van der Waals surface area contributed by atoms with Crippen molar-refractivity contribution in [2.24, 2.45) is 5.73 Å². The van der Waals surface area contributed by atoms with E-state index in [2.05, 4.69) is 36.2 Å². The Hall–Kier alpha value is -1.02. The van der Waals surface area contributed by atoms with Crippen LogP contribution in [0.15, 0.2) is 24.3 Å². The molecule has 2 rings (SSSR count). The van der Waals surface area contributed by atoms with E-state index in [9.17, 15) is 0 Å². The topological polar surface area (TPSA) is 29.3 Å². The maximum Gasteiger partial charge on any atom is 0.0366 e. The van der Waals surface area contributed by atoms with Crippen molar-refractivity contribution in [1.82, 2.24) is 0 Å². The molecule has 1 aliphatic rings. The van der Waals surface area contributed by atoms with Crippen molar-refractivity contribution in [2.75, 3.05) is 11.9 Å². The lowest BCUT2D eigenvalue weighted by molar-refractivity contribution is 0.427. The number of hydrogen-bond donors (Lipinski definition) is 1. The minimum atomic E-state index is 0.129. The highest BCUT2D eigenvalue weighted by atomic mass is 15.1. The van der Waals surface area contributed by atoms with E-state index >= 15 is 0 Å². The van der Waals surface area contributed by atoms with Gasteiger partial charge in [0.2, 0.25) is 0 Å². The predicted octanol–water partition coefficient (Wildman–Crippen LogP) is 3.48. The van der Waals surface area contributed by atoms with E-state index < -0.39 is 0 Å². The van der Waals surface area contributed by atoms with Gasteiger partial charge in [-0.2, -0.15) is 0 Å². The summed E-state index contributed by atoms with van der Waals surface area (Å²) >= 11 is 0. The Morgan fingerprint density at radius 2 is 1.71 bits per heavy atom. The zero-order valence-electron chi connectivity index (χ0n) is 11.0. The molecule has 0 heterocycles. The van der Waals surface area contributed by atoms with Gasteiger partial charge < -0.3 is 10.6 Å². The van der Waals surface area contributed by atoms with Crippen LogP contribution in [0.4, 0.5) is 5.69 Å². The number of hydrogen-bond acceptors (Lipinski definition) is 2. The third kappa shape index (κ3) is 3.01. The van der Waals surface area contributed by atoms with E-state index in [0.717, 1.165) is 6.04 Å². The van der Waals surface area contributed by atoms with Crippen molar-refractivity contribution in [2.45, 2.75) is 51.1 Å². The molecule has 1 aromatic rings. The maximum absolute atomic E-state index is 5.87. The maximum atomic E-state index is 5.87. The molecule has 2 heteroatoms. The van der Waals surface area contributed by atoms with Crippen LogP contribution in [0.3, 0.4) is 0 Å². The van der Waals surface area contributed by atoms with Crippen LogP contribution >= 0.6 is 0 Å². The quantitative estimate of drug-likeness (QED) is 0.864. The van der Waals surface area contributed by atoms with Gasteiger partial charge in [0.25, 0.3) is 0 Å². The van der Waals surface area contributed by atoms with Gasteiger partial charge in [-0.3, -0.25) is 0 Å². The lowest BCUT2D eigenvalue weighted by Gasteiger charge is -2.33. The first-order chi connectivity index (χ1) is 8.18. The first kappa shape index (κ1) is 12.4. The molecule has 1 aliphatic carbocycles. The number of rotatable bonds is 3. The number of benzene rings is 1. The molecular weight excluding hydrogens is 208 g/mol. The fraction of sp³-hybridized carbons (Fsp3) is 0.600. The summed E-state index contributed by atoms with van der Waals surface area (Å²) in [5, 5.41) is 0. The van der Waals surface area contributed by atoms with Crippen molar-refractivity contribution in [3.8, 4) is 0 Å². The normalized spacial score (nSPS) is 19.0. The van der Waals surface area contributed by atoms with E-state index in [4.69, 9.17) is 5.73 Å². The van der Waals surface area contributed by atoms with Crippen molar-refractivity contribution in [1.29, 1.82) is 0 Å². The summed E-state index contributed by atoms with van der Waals surface area (Å²) in [6.07, 6.45) is 6.85. The van der Waals surface area contributed by atoms with Gasteiger partial charge in [0.05, 0.1) is 0 Å². The van der Waals surface area contributed by atoms with Gasteiger partial charge in [-0.05, 0) is 37.5 Å². The summed E-state index contributed by atoms with van der Waals surface area (Å²) in [6.45, 7) is 2.03. The Labute approximate surface area is 105 Å². The Morgan fingerprint density at radius 1 is 1.12 bits per heavy atom. The average molecular weight is 232 g/mol. The zero-order chi connectivity index (χ0) is 12.3. The summed E-state index contributed by atoms with van der Waals surface area (Å²) in [4.78, 5) is 2.43. The predicted molar refractivity (Wildman–Crippen MR) is 74.3 cm³/mol. The van der Waals surface area contributed by atoms with Crippen LogP contribution in [0.1, 0.15) is 50.6 Å². The molecule has 2 N–H and O–H groups in total. The Balaban J connectivity index is 2.05. The number of nitrogens with zero attached hydrogens (tertiary/aromatic N) is 1. The molecule has 2 nitrogen and oxygen atoms in total. The lowest BCUT2D eigenvalue weighted by Crippen LogP contribution is -2.33. The van der Waals surface area contributed by atoms with Crippen molar-refractivity contribution >= 4 is 5.69 Å². The van der Waals surface area contributed by atoms with Crippen LogP contribution in [0.2, 0.25) is 0 Å². The van der Waals surface area contributed by atoms with E-state index in [1.54, 1.807) is 0 Å². The Bertz CT molecular complexity index is 336. The Kier molecular flexibility index (Phi) is 4.06. The third-order valence-corrected chi connectivity index (χ3v) is 3.95. The first-order valence-corrected chi connectivity index (χ1v) is 6.77. The minimum absolute atomic E-state index is 0.129. The van der Waals surface area contributed by atoms with E-state index in [1.165, 1.54) is 43.4 Å². The Morgan fingerprint density at radius 3 is 2.24 bits per heavy atom. The monoisotopic (exact) mass is 232 g/mol. The van der Waals surface area contributed by atoms with Crippen molar-refractivity contribution in [3.05, 3.63) is 29.8 Å². The van der Waals surface area contributed by atoms with Gasteiger partial charge >= 0.3 is 0 Å². The standard InChI is InChI=1S/C15H24N2/c1-12(16)13-8-10-15(11-9-13)17(2)14-6-4-3-5-7-14/h8-12,14H,3-7,16H2,1-2H3. The highest BCUT2D eigenvalue weighted by molar-refractivity contribution is 5.48. The molecule has 0 aliphatic heterocycles. The second-order valence-corrected chi connectivity index (χ2v) is 5.28. The van der Waals surface area contributed by atoms with Gasteiger partial charge in [-0.1, -0.05) is 31.4 Å². The fourth-order valence-corrected chi connectivity index (χ4v) is 2.69. The van der Waals surface area contributed by atoms with E-state index in [0.29, 0.717) is 0 Å². The van der Waals surface area contributed by atoms with Gasteiger partial charge in [0, 0.05) is 24.8 Å².